The van der Waals surface area contributed by atoms with E-state index >= 15 is 0 Å². The lowest BCUT2D eigenvalue weighted by Crippen LogP contribution is -2.77. The highest BCUT2D eigenvalue weighted by molar-refractivity contribution is 5.16. The second-order valence-corrected chi connectivity index (χ2v) is 4.26. The maximum absolute atomic E-state index is 11.4. The van der Waals surface area contributed by atoms with Gasteiger partial charge in [-0.05, 0) is 0 Å². The Bertz CT molecular complexity index is 290. The first-order chi connectivity index (χ1) is 6.04. The molecule has 0 saturated heterocycles. The van der Waals surface area contributed by atoms with Gasteiger partial charge in [0.25, 0.3) is 0 Å². The van der Waals surface area contributed by atoms with Gasteiger partial charge in [-0.1, -0.05) is 19.4 Å². The van der Waals surface area contributed by atoms with Gasteiger partial charge >= 0.3 is 0 Å². The highest BCUT2D eigenvalue weighted by atomic mass is 16.3. The molecule has 0 amide bonds. The van der Waals surface area contributed by atoms with Crippen LogP contribution in [0.4, 0.5) is 0 Å². The van der Waals surface area contributed by atoms with Crippen molar-refractivity contribution in [1.29, 1.82) is 0 Å². The van der Waals surface area contributed by atoms with E-state index in [1.807, 2.05) is 6.20 Å². The largest absolute Gasteiger partial charge is 0.849 e. The van der Waals surface area contributed by atoms with Crippen LogP contribution in [0.3, 0.4) is 0 Å². The summed E-state index contributed by atoms with van der Waals surface area (Å²) in [6.07, 6.45) is 2.00. The number of nitrogens with zero attached hydrogens (tertiary/aromatic N) is 2. The zero-order chi connectivity index (χ0) is 9.47. The quantitative estimate of drug-likeness (QED) is 0.610. The fraction of sp³-hybridized carbons (Fsp3) is 0.667. The van der Waals surface area contributed by atoms with Crippen LogP contribution in [0.2, 0.25) is 0 Å². The third-order valence-corrected chi connectivity index (χ3v) is 2.17. The monoisotopic (exact) mass is 181 g/mol. The highest BCUT2D eigenvalue weighted by Gasteiger charge is 2.18. The molecule has 2 heterocycles. The van der Waals surface area contributed by atoms with E-state index in [2.05, 4.69) is 10.4 Å². The Morgan fingerprint density at radius 2 is 2.38 bits per heavy atom. The first-order valence-electron chi connectivity index (χ1n) is 4.62. The summed E-state index contributed by atoms with van der Waals surface area (Å²) in [6, 6.07) is 0. The van der Waals surface area contributed by atoms with Gasteiger partial charge in [0.2, 0.25) is 0 Å². The number of rotatable bonds is 2. The van der Waals surface area contributed by atoms with Crippen molar-refractivity contribution in [1.82, 2.24) is 9.78 Å². The number of nitrogens with two attached hydrogens (primary N) is 1. The smallest absolute Gasteiger partial charge is 0.125 e. The van der Waals surface area contributed by atoms with Crippen molar-refractivity contribution in [2.24, 2.45) is 0 Å². The van der Waals surface area contributed by atoms with Crippen molar-refractivity contribution < 1.29 is 10.4 Å². The Hall–Kier alpha value is -0.870. The molecule has 0 unspecified atom stereocenters. The summed E-state index contributed by atoms with van der Waals surface area (Å²) in [6.45, 7) is 5.80. The summed E-state index contributed by atoms with van der Waals surface area (Å²) in [5.74, 6) is 0. The van der Waals surface area contributed by atoms with E-state index in [-0.39, 0.29) is 0 Å². The zero-order valence-corrected chi connectivity index (χ0v) is 8.08. The molecule has 0 fully saturated rings. The third-order valence-electron chi connectivity index (χ3n) is 2.17. The first kappa shape index (κ1) is 8.72. The van der Waals surface area contributed by atoms with E-state index in [1.165, 1.54) is 5.56 Å². The third kappa shape index (κ3) is 1.89. The molecule has 0 radical (unpaired) electrons. The Kier molecular flexibility index (Phi) is 1.89. The second-order valence-electron chi connectivity index (χ2n) is 4.26. The van der Waals surface area contributed by atoms with Crippen LogP contribution < -0.4 is 10.4 Å². The number of quaternary nitrogens is 1. The van der Waals surface area contributed by atoms with Gasteiger partial charge in [0, 0.05) is 12.7 Å². The van der Waals surface area contributed by atoms with Crippen LogP contribution in [0.15, 0.2) is 6.20 Å². The van der Waals surface area contributed by atoms with Crippen molar-refractivity contribution in [2.75, 3.05) is 0 Å². The van der Waals surface area contributed by atoms with E-state index in [0.717, 1.165) is 18.8 Å². The lowest BCUT2D eigenvalue weighted by Gasteiger charge is -2.30. The summed E-state index contributed by atoms with van der Waals surface area (Å²) in [5, 5.41) is 18.0. The summed E-state index contributed by atoms with van der Waals surface area (Å²) >= 11 is 0. The molecular formula is C9H15N3O. The summed E-state index contributed by atoms with van der Waals surface area (Å²) in [7, 11) is 0. The number of hydrogen-bond donors (Lipinski definition) is 1. The second kappa shape index (κ2) is 2.82. The van der Waals surface area contributed by atoms with Gasteiger partial charge < -0.3 is 10.4 Å². The SMILES string of the molecule is CC(C)([O-])Cn1cc2c(n1)C[NH2+]C2. The molecule has 4 nitrogen and oxygen atoms in total. The predicted molar refractivity (Wildman–Crippen MR) is 45.6 cm³/mol. The molecule has 0 atom stereocenters. The van der Waals surface area contributed by atoms with Gasteiger partial charge in [-0.15, -0.1) is 0 Å². The molecule has 13 heavy (non-hydrogen) atoms. The van der Waals surface area contributed by atoms with Crippen molar-refractivity contribution in [3.63, 3.8) is 0 Å². The van der Waals surface area contributed by atoms with E-state index in [1.54, 1.807) is 18.5 Å². The van der Waals surface area contributed by atoms with Crippen LogP contribution >= 0.6 is 0 Å². The predicted octanol–water partition coefficient (Wildman–Crippen LogP) is -1.40. The first-order valence-corrected chi connectivity index (χ1v) is 4.62. The van der Waals surface area contributed by atoms with Crippen LogP contribution in [0.5, 0.6) is 0 Å². The Morgan fingerprint density at radius 1 is 1.62 bits per heavy atom. The van der Waals surface area contributed by atoms with Gasteiger partial charge in [0.15, 0.2) is 0 Å². The number of aromatic nitrogens is 2. The minimum atomic E-state index is -0.927. The van der Waals surface area contributed by atoms with Crippen molar-refractivity contribution in [3.05, 3.63) is 17.5 Å². The average Bonchev–Trinajstić information content (AvgIpc) is 2.40. The standard InChI is InChI=1S/C9H14N3O/c1-9(2,13)6-12-5-7-3-10-4-8(7)11-12/h5,10H,3-4,6H2,1-2H3/q-1/p+1. The Balaban J connectivity index is 2.15. The number of hydrogen-bond acceptors (Lipinski definition) is 2. The van der Waals surface area contributed by atoms with Gasteiger partial charge in [-0.2, -0.15) is 5.10 Å². The van der Waals surface area contributed by atoms with Crippen molar-refractivity contribution in [3.8, 4) is 0 Å². The molecule has 0 saturated carbocycles. The maximum atomic E-state index is 11.4. The molecule has 1 aliphatic heterocycles. The summed E-state index contributed by atoms with van der Waals surface area (Å²) in [5.41, 5.74) is 1.50. The normalized spacial score (nSPS) is 16.2. The van der Waals surface area contributed by atoms with Gasteiger partial charge in [0.05, 0.1) is 5.56 Å². The van der Waals surface area contributed by atoms with Crippen molar-refractivity contribution in [2.45, 2.75) is 39.1 Å². The molecule has 1 aromatic rings. The van der Waals surface area contributed by atoms with Crippen molar-refractivity contribution >= 4 is 0 Å². The average molecular weight is 181 g/mol. The molecule has 0 spiro atoms. The van der Waals surface area contributed by atoms with E-state index < -0.39 is 5.60 Å². The molecule has 4 heteroatoms. The van der Waals surface area contributed by atoms with E-state index in [4.69, 9.17) is 0 Å². The van der Waals surface area contributed by atoms with Crippen LogP contribution in [0.1, 0.15) is 25.1 Å². The molecule has 2 rings (SSSR count). The Morgan fingerprint density at radius 3 is 3.00 bits per heavy atom. The lowest BCUT2D eigenvalue weighted by atomic mass is 10.1. The minimum Gasteiger partial charge on any atom is -0.849 e. The molecule has 0 aromatic carbocycles. The topological polar surface area (TPSA) is 57.5 Å². The fourth-order valence-electron chi connectivity index (χ4n) is 1.68. The molecule has 1 aliphatic rings. The van der Waals surface area contributed by atoms with Crippen LogP contribution in [0.25, 0.3) is 0 Å². The minimum absolute atomic E-state index is 0.458. The van der Waals surface area contributed by atoms with E-state index in [9.17, 15) is 5.11 Å². The van der Waals surface area contributed by atoms with Gasteiger partial charge in [0.1, 0.15) is 18.8 Å². The molecule has 72 valence electrons. The van der Waals surface area contributed by atoms with Crippen LogP contribution in [-0.4, -0.2) is 15.4 Å². The molecule has 1 aromatic heterocycles. The van der Waals surface area contributed by atoms with E-state index in [0.29, 0.717) is 6.54 Å². The fourth-order valence-corrected chi connectivity index (χ4v) is 1.68. The highest BCUT2D eigenvalue weighted by Crippen LogP contribution is 2.10. The molecule has 0 aliphatic carbocycles. The number of fused-ring (bicyclic) bond motifs is 1. The summed E-state index contributed by atoms with van der Waals surface area (Å²) < 4.78 is 1.78. The molecular weight excluding hydrogens is 166 g/mol. The van der Waals surface area contributed by atoms with Gasteiger partial charge in [-0.25, -0.2) is 0 Å². The van der Waals surface area contributed by atoms with Crippen LogP contribution in [-0.2, 0) is 19.6 Å². The Labute approximate surface area is 77.6 Å². The molecule has 2 N–H and O–H groups in total. The van der Waals surface area contributed by atoms with Gasteiger partial charge in [-0.3, -0.25) is 4.68 Å². The maximum Gasteiger partial charge on any atom is 0.125 e. The van der Waals surface area contributed by atoms with Crippen LogP contribution in [0, 0.1) is 0 Å². The summed E-state index contributed by atoms with van der Waals surface area (Å²) in [4.78, 5) is 0. The lowest BCUT2D eigenvalue weighted by molar-refractivity contribution is -0.677. The zero-order valence-electron chi connectivity index (χ0n) is 8.08. The molecule has 0 bridgehead atoms.